The molecule has 0 amide bonds. The number of allylic oxidation sites excluding steroid dienone is 3. The molecule has 0 aliphatic carbocycles. The van der Waals surface area contributed by atoms with E-state index in [2.05, 4.69) is 4.98 Å². The summed E-state index contributed by atoms with van der Waals surface area (Å²) in [6, 6.07) is 1.93. The van der Waals surface area contributed by atoms with Crippen LogP contribution < -0.4 is 5.73 Å². The van der Waals surface area contributed by atoms with Crippen molar-refractivity contribution in [3.8, 4) is 0 Å². The number of aliphatic hydroxyl groups is 1. The van der Waals surface area contributed by atoms with Gasteiger partial charge in [-0.2, -0.15) is 13.2 Å². The Morgan fingerprint density at radius 3 is 2.33 bits per heavy atom. The first-order valence-corrected chi connectivity index (χ1v) is 5.17. The van der Waals surface area contributed by atoms with E-state index in [0.29, 0.717) is 0 Å². The number of rotatable bonds is 2. The van der Waals surface area contributed by atoms with Gasteiger partial charge in [0.2, 0.25) is 0 Å². The van der Waals surface area contributed by atoms with Gasteiger partial charge in [0.1, 0.15) is 11.6 Å². The summed E-state index contributed by atoms with van der Waals surface area (Å²) in [5.74, 6) is -0.317. The Labute approximate surface area is 102 Å². The Kier molecular flexibility index (Phi) is 4.00. The lowest BCUT2D eigenvalue weighted by Crippen LogP contribution is -2.12. The highest BCUT2D eigenvalue weighted by Gasteiger charge is 2.35. The number of hydrogen-bond donors (Lipinski definition) is 2. The molecular formula is C12H13F3N2O. The first-order valence-electron chi connectivity index (χ1n) is 5.17. The van der Waals surface area contributed by atoms with E-state index < -0.39 is 11.7 Å². The molecule has 3 N–H and O–H groups in total. The van der Waals surface area contributed by atoms with Crippen molar-refractivity contribution in [3.05, 3.63) is 41.3 Å². The Morgan fingerprint density at radius 1 is 1.28 bits per heavy atom. The standard InChI is InChI=1S/C12H13F3N2O/c1-3-7(9(18)4-2)11-8(12(13,14)15)5-6-10(16)17-11/h3-6,18H,1-2H3,(H2,16,17)/b7-3+,9-4+. The zero-order valence-corrected chi connectivity index (χ0v) is 9.92. The maximum absolute atomic E-state index is 12.8. The van der Waals surface area contributed by atoms with Crippen LogP contribution in [-0.4, -0.2) is 10.1 Å². The molecule has 0 radical (unpaired) electrons. The molecule has 0 unspecified atom stereocenters. The van der Waals surface area contributed by atoms with Gasteiger partial charge in [0.05, 0.1) is 11.3 Å². The van der Waals surface area contributed by atoms with E-state index in [1.807, 2.05) is 0 Å². The number of aliphatic hydroxyl groups excluding tert-OH is 1. The number of nitrogen functional groups attached to an aromatic ring is 1. The van der Waals surface area contributed by atoms with Gasteiger partial charge >= 0.3 is 6.18 Å². The van der Waals surface area contributed by atoms with E-state index >= 15 is 0 Å². The molecular weight excluding hydrogens is 245 g/mol. The minimum atomic E-state index is -4.56. The molecule has 1 rings (SSSR count). The monoisotopic (exact) mass is 258 g/mol. The summed E-state index contributed by atoms with van der Waals surface area (Å²) in [6.45, 7) is 3.03. The molecule has 3 nitrogen and oxygen atoms in total. The van der Waals surface area contributed by atoms with Gasteiger partial charge in [-0.15, -0.1) is 0 Å². The zero-order chi connectivity index (χ0) is 13.9. The molecule has 0 spiro atoms. The number of hydrogen-bond acceptors (Lipinski definition) is 3. The van der Waals surface area contributed by atoms with Crippen LogP contribution in [0.2, 0.25) is 0 Å². The van der Waals surface area contributed by atoms with Crippen LogP contribution >= 0.6 is 0 Å². The van der Waals surface area contributed by atoms with E-state index in [9.17, 15) is 18.3 Å². The molecule has 6 heteroatoms. The summed E-state index contributed by atoms with van der Waals surface area (Å²) in [4.78, 5) is 3.67. The molecule has 0 aliphatic heterocycles. The van der Waals surface area contributed by atoms with Gasteiger partial charge in [0, 0.05) is 5.57 Å². The summed E-state index contributed by atoms with van der Waals surface area (Å²) >= 11 is 0. The molecule has 1 heterocycles. The first-order chi connectivity index (χ1) is 8.31. The van der Waals surface area contributed by atoms with Crippen molar-refractivity contribution in [2.24, 2.45) is 0 Å². The lowest BCUT2D eigenvalue weighted by molar-refractivity contribution is -0.138. The third kappa shape index (κ3) is 2.82. The van der Waals surface area contributed by atoms with Gasteiger partial charge in [-0.05, 0) is 32.1 Å². The SMILES string of the molecule is C/C=C(\C(O)=C/C)c1nc(N)ccc1C(F)(F)F. The predicted octanol–water partition coefficient (Wildman–Crippen LogP) is 3.55. The largest absolute Gasteiger partial charge is 0.508 e. The van der Waals surface area contributed by atoms with Crippen molar-refractivity contribution in [1.82, 2.24) is 4.98 Å². The third-order valence-electron chi connectivity index (χ3n) is 2.32. The van der Waals surface area contributed by atoms with Gasteiger partial charge < -0.3 is 10.8 Å². The zero-order valence-electron chi connectivity index (χ0n) is 9.92. The molecule has 0 saturated heterocycles. The smallest absolute Gasteiger partial charge is 0.418 e. The van der Waals surface area contributed by atoms with Gasteiger partial charge in [0.25, 0.3) is 0 Å². The second-order valence-electron chi connectivity index (χ2n) is 3.51. The number of pyridine rings is 1. The average molecular weight is 258 g/mol. The van der Waals surface area contributed by atoms with E-state index in [-0.39, 0.29) is 22.8 Å². The summed E-state index contributed by atoms with van der Waals surface area (Å²) in [5, 5.41) is 9.60. The molecule has 0 aromatic carbocycles. The number of aromatic nitrogens is 1. The van der Waals surface area contributed by atoms with Crippen LogP contribution in [0.4, 0.5) is 19.0 Å². The van der Waals surface area contributed by atoms with E-state index in [1.54, 1.807) is 0 Å². The van der Waals surface area contributed by atoms with Crippen molar-refractivity contribution in [2.75, 3.05) is 5.73 Å². The van der Waals surface area contributed by atoms with Crippen molar-refractivity contribution in [2.45, 2.75) is 20.0 Å². The number of nitrogens with two attached hydrogens (primary N) is 1. The second-order valence-corrected chi connectivity index (χ2v) is 3.51. The fourth-order valence-electron chi connectivity index (χ4n) is 1.47. The lowest BCUT2D eigenvalue weighted by Gasteiger charge is -2.14. The second kappa shape index (κ2) is 5.12. The summed E-state index contributed by atoms with van der Waals surface area (Å²) < 4.78 is 38.5. The van der Waals surface area contributed by atoms with Crippen molar-refractivity contribution in [3.63, 3.8) is 0 Å². The fraction of sp³-hybridized carbons (Fsp3) is 0.250. The molecule has 0 atom stereocenters. The minimum absolute atomic E-state index is 0.00266. The molecule has 1 aromatic rings. The highest BCUT2D eigenvalue weighted by Crippen LogP contribution is 2.36. The van der Waals surface area contributed by atoms with Gasteiger partial charge in [-0.1, -0.05) is 6.08 Å². The van der Waals surface area contributed by atoms with Gasteiger partial charge in [-0.3, -0.25) is 0 Å². The molecule has 0 saturated carbocycles. The van der Waals surface area contributed by atoms with Crippen LogP contribution in [0.15, 0.2) is 30.0 Å². The normalized spacial score (nSPS) is 13.8. The van der Waals surface area contributed by atoms with Crippen molar-refractivity contribution < 1.29 is 18.3 Å². The lowest BCUT2D eigenvalue weighted by atomic mass is 10.0. The summed E-state index contributed by atoms with van der Waals surface area (Å²) in [6.07, 6.45) is -1.91. The molecule has 18 heavy (non-hydrogen) atoms. The minimum Gasteiger partial charge on any atom is -0.508 e. The Balaban J connectivity index is 3.52. The molecule has 0 fully saturated rings. The number of alkyl halides is 3. The average Bonchev–Trinajstić information content (AvgIpc) is 2.28. The van der Waals surface area contributed by atoms with E-state index in [4.69, 9.17) is 5.73 Å². The Hall–Kier alpha value is -1.98. The van der Waals surface area contributed by atoms with Gasteiger partial charge in [0.15, 0.2) is 0 Å². The van der Waals surface area contributed by atoms with E-state index in [1.165, 1.54) is 26.0 Å². The molecule has 0 bridgehead atoms. The molecule has 1 aromatic heterocycles. The van der Waals surface area contributed by atoms with Crippen LogP contribution in [0.3, 0.4) is 0 Å². The van der Waals surface area contributed by atoms with Crippen LogP contribution in [0.1, 0.15) is 25.1 Å². The fourth-order valence-corrected chi connectivity index (χ4v) is 1.47. The van der Waals surface area contributed by atoms with Crippen LogP contribution in [-0.2, 0) is 6.18 Å². The molecule has 0 aliphatic rings. The Morgan fingerprint density at radius 2 is 1.89 bits per heavy atom. The van der Waals surface area contributed by atoms with Crippen molar-refractivity contribution in [1.29, 1.82) is 0 Å². The van der Waals surface area contributed by atoms with E-state index in [0.717, 1.165) is 12.1 Å². The Bertz CT molecular complexity index is 505. The third-order valence-corrected chi connectivity index (χ3v) is 2.32. The highest BCUT2D eigenvalue weighted by molar-refractivity contribution is 5.77. The maximum Gasteiger partial charge on any atom is 0.418 e. The van der Waals surface area contributed by atoms with Crippen molar-refractivity contribution >= 4 is 11.4 Å². The first kappa shape index (κ1) is 14.1. The number of nitrogens with zero attached hydrogens (tertiary/aromatic N) is 1. The van der Waals surface area contributed by atoms with Gasteiger partial charge in [-0.25, -0.2) is 4.98 Å². The number of anilines is 1. The number of halogens is 3. The van der Waals surface area contributed by atoms with Crippen LogP contribution in [0.25, 0.3) is 5.57 Å². The van der Waals surface area contributed by atoms with Crippen LogP contribution in [0, 0.1) is 0 Å². The van der Waals surface area contributed by atoms with Crippen LogP contribution in [0.5, 0.6) is 0 Å². The quantitative estimate of drug-likeness (QED) is 0.630. The predicted molar refractivity (Wildman–Crippen MR) is 63.7 cm³/mol. The maximum atomic E-state index is 12.8. The summed E-state index contributed by atoms with van der Waals surface area (Å²) in [7, 11) is 0. The topological polar surface area (TPSA) is 59.1 Å². The summed E-state index contributed by atoms with van der Waals surface area (Å²) in [5.41, 5.74) is 4.09. The molecule has 98 valence electrons. The highest BCUT2D eigenvalue weighted by atomic mass is 19.4.